The predicted molar refractivity (Wildman–Crippen MR) is 221 cm³/mol. The van der Waals surface area contributed by atoms with Gasteiger partial charge >= 0.3 is 6.03 Å². The van der Waals surface area contributed by atoms with Crippen LogP contribution < -0.4 is 16.0 Å². The van der Waals surface area contributed by atoms with Crippen molar-refractivity contribution in [3.8, 4) is 5.75 Å². The lowest BCUT2D eigenvalue weighted by atomic mass is 9.98. The third kappa shape index (κ3) is 8.89. The van der Waals surface area contributed by atoms with Crippen LogP contribution in [0.4, 0.5) is 16.3 Å². The van der Waals surface area contributed by atoms with E-state index in [0.29, 0.717) is 22.5 Å². The van der Waals surface area contributed by atoms with Crippen LogP contribution in [0.5, 0.6) is 5.75 Å². The number of hydrazine groups is 1. The highest BCUT2D eigenvalue weighted by Crippen LogP contribution is 2.32. The Morgan fingerprint density at radius 1 is 1.00 bits per heavy atom. The molecule has 4 heterocycles. The lowest BCUT2D eigenvalue weighted by molar-refractivity contribution is -0.189. The van der Waals surface area contributed by atoms with Crippen molar-refractivity contribution in [2.24, 2.45) is 7.05 Å². The number of hydrogen-bond acceptors (Lipinski definition) is 10. The van der Waals surface area contributed by atoms with E-state index in [0.717, 1.165) is 22.2 Å². The molecule has 3 aromatic carbocycles. The number of hydrogen-bond donors (Lipinski definition) is 6. The molecule has 5 aromatic rings. The molecular formula is C43H47N9O7. The molecule has 5 amide bonds. The molecule has 2 aromatic heterocycles. The number of benzene rings is 3. The minimum atomic E-state index is -0.968. The summed E-state index contributed by atoms with van der Waals surface area (Å²) in [5.41, 5.74) is 3.96. The van der Waals surface area contributed by atoms with E-state index < -0.39 is 24.3 Å². The number of anilines is 2. The first-order valence-electron chi connectivity index (χ1n) is 19.3. The maximum Gasteiger partial charge on any atom is 0.334 e. The second kappa shape index (κ2) is 17.8. The molecule has 0 saturated carbocycles. The van der Waals surface area contributed by atoms with Gasteiger partial charge in [0, 0.05) is 51.2 Å². The normalized spacial score (nSPS) is 17.4. The number of para-hydroxylation sites is 1. The van der Waals surface area contributed by atoms with Gasteiger partial charge in [0.15, 0.2) is 0 Å². The number of carbonyl (C=O) groups is 4. The highest BCUT2D eigenvalue weighted by molar-refractivity contribution is 6.13. The predicted octanol–water partition coefficient (Wildman–Crippen LogP) is 3.03. The maximum atomic E-state index is 14.7. The van der Waals surface area contributed by atoms with Gasteiger partial charge < -0.3 is 45.6 Å². The van der Waals surface area contributed by atoms with E-state index >= 15 is 0 Å². The zero-order valence-electron chi connectivity index (χ0n) is 32.6. The minimum absolute atomic E-state index is 0.00795. The lowest BCUT2D eigenvalue weighted by Gasteiger charge is -2.55. The molecule has 7 rings (SSSR count). The standard InChI is InChI=1S/C43H47N9O7/c1-3-18-50-26-39(56)51-36(19-28-12-15-32(54)16-13-28)42(58)49(25-38(51)52(50)43(59)46-20-29-8-5-4-6-9-29)23-30-10-7-11-34-35(24-48(2)40(30)34)41(57)47-31-14-17-37(44-21-31)45-22-33(55)27-53/h3-17,21,24,33,36,38,53-55H,1,18-20,22-23,25-27H2,2H3,(H,44,45)(H,46,59)(H,47,57)/t33?,36-,38?/m0/s1. The fourth-order valence-electron chi connectivity index (χ4n) is 7.68. The number of aromatic nitrogens is 2. The van der Waals surface area contributed by atoms with Gasteiger partial charge in [0.2, 0.25) is 11.8 Å². The number of carbonyl (C=O) groups excluding carboxylic acids is 4. The molecule has 2 saturated heterocycles. The summed E-state index contributed by atoms with van der Waals surface area (Å²) < 4.78 is 1.84. The van der Waals surface area contributed by atoms with E-state index in [1.54, 1.807) is 46.4 Å². The van der Waals surface area contributed by atoms with Crippen molar-refractivity contribution in [2.45, 2.75) is 37.8 Å². The van der Waals surface area contributed by atoms with E-state index in [9.17, 15) is 29.4 Å². The molecule has 3 atom stereocenters. The molecule has 0 aliphatic carbocycles. The van der Waals surface area contributed by atoms with Crippen LogP contribution in [0.1, 0.15) is 27.0 Å². The Balaban J connectivity index is 1.18. The Labute approximate surface area is 340 Å². The molecule has 2 fully saturated rings. The van der Waals surface area contributed by atoms with Gasteiger partial charge in [-0.1, -0.05) is 66.7 Å². The summed E-state index contributed by atoms with van der Waals surface area (Å²) in [6, 6.07) is 23.4. The number of piperazine rings is 1. The molecule has 0 spiro atoms. The number of amides is 5. The van der Waals surface area contributed by atoms with E-state index in [4.69, 9.17) is 5.11 Å². The molecule has 2 unspecified atom stereocenters. The number of rotatable bonds is 14. The van der Waals surface area contributed by atoms with E-state index in [-0.39, 0.29) is 75.8 Å². The van der Waals surface area contributed by atoms with Gasteiger partial charge in [-0.05, 0) is 41.0 Å². The summed E-state index contributed by atoms with van der Waals surface area (Å²) in [4.78, 5) is 64.0. The third-order valence-electron chi connectivity index (χ3n) is 10.5. The number of aromatic hydroxyl groups is 1. The Kier molecular flexibility index (Phi) is 12.2. The molecule has 2 aliphatic rings. The number of nitrogens with zero attached hydrogens (tertiary/aromatic N) is 6. The minimum Gasteiger partial charge on any atom is -0.508 e. The molecule has 16 heteroatoms. The molecule has 59 heavy (non-hydrogen) atoms. The van der Waals surface area contributed by atoms with Crippen molar-refractivity contribution in [1.29, 1.82) is 0 Å². The summed E-state index contributed by atoms with van der Waals surface area (Å²) in [7, 11) is 1.82. The first kappa shape index (κ1) is 40.4. The van der Waals surface area contributed by atoms with Crippen LogP contribution in [-0.2, 0) is 36.1 Å². The SMILES string of the molecule is C=CCN1CC(=O)N2C(CN(Cc3cccc4c(C(=O)Nc5ccc(NCC(O)CO)nc5)cn(C)c34)C(=O)[C@@H]2Cc2ccc(O)cc2)N1C(=O)NCc1ccccc1. The number of aliphatic hydroxyl groups is 2. The molecule has 306 valence electrons. The van der Waals surface area contributed by atoms with Crippen LogP contribution in [-0.4, -0.2) is 120 Å². The van der Waals surface area contributed by atoms with Crippen LogP contribution >= 0.6 is 0 Å². The number of aryl methyl sites for hydroxylation is 1. The summed E-state index contributed by atoms with van der Waals surface area (Å²) >= 11 is 0. The highest BCUT2D eigenvalue weighted by atomic mass is 16.3. The Morgan fingerprint density at radius 2 is 1.78 bits per heavy atom. The number of urea groups is 1. The largest absolute Gasteiger partial charge is 0.508 e. The van der Waals surface area contributed by atoms with Crippen LogP contribution in [0.3, 0.4) is 0 Å². The lowest BCUT2D eigenvalue weighted by Crippen LogP contribution is -2.76. The van der Waals surface area contributed by atoms with Gasteiger partial charge in [0.25, 0.3) is 5.91 Å². The van der Waals surface area contributed by atoms with E-state index in [2.05, 4.69) is 27.5 Å². The Morgan fingerprint density at radius 3 is 2.49 bits per heavy atom. The number of fused-ring (bicyclic) bond motifs is 2. The second-order valence-corrected chi connectivity index (χ2v) is 14.6. The van der Waals surface area contributed by atoms with Crippen molar-refractivity contribution >= 4 is 46.2 Å². The van der Waals surface area contributed by atoms with Crippen LogP contribution in [0, 0.1) is 0 Å². The summed E-state index contributed by atoms with van der Waals surface area (Å²) in [6.07, 6.45) is 3.18. The number of phenols is 1. The second-order valence-electron chi connectivity index (χ2n) is 14.6. The third-order valence-corrected chi connectivity index (χ3v) is 10.5. The smallest absolute Gasteiger partial charge is 0.334 e. The van der Waals surface area contributed by atoms with E-state index in [1.165, 1.54) is 28.2 Å². The fraction of sp³-hybridized carbons (Fsp3) is 0.279. The zero-order chi connectivity index (χ0) is 41.6. The summed E-state index contributed by atoms with van der Waals surface area (Å²) in [5.74, 6) is -0.439. The van der Waals surface area contributed by atoms with Crippen molar-refractivity contribution in [3.63, 3.8) is 0 Å². The number of aliphatic hydroxyl groups excluding tert-OH is 2. The van der Waals surface area contributed by atoms with Gasteiger partial charge in [0.1, 0.15) is 23.8 Å². The number of pyridine rings is 1. The van der Waals surface area contributed by atoms with Gasteiger partial charge in [-0.15, -0.1) is 6.58 Å². The van der Waals surface area contributed by atoms with E-state index in [1.807, 2.05) is 60.1 Å². The van der Waals surface area contributed by atoms with Crippen molar-refractivity contribution in [3.05, 3.63) is 132 Å². The Hall–Kier alpha value is -6.75. The van der Waals surface area contributed by atoms with Crippen molar-refractivity contribution in [1.82, 2.24) is 34.7 Å². The topological polar surface area (TPSA) is 196 Å². The maximum absolute atomic E-state index is 14.7. The summed E-state index contributed by atoms with van der Waals surface area (Å²) in [6.45, 7) is 4.04. The quantitative estimate of drug-likeness (QED) is 0.0910. The first-order chi connectivity index (χ1) is 28.5. The molecule has 6 N–H and O–H groups in total. The Bertz CT molecular complexity index is 2320. The fourth-order valence-corrected chi connectivity index (χ4v) is 7.68. The van der Waals surface area contributed by atoms with Crippen LogP contribution in [0.2, 0.25) is 0 Å². The molecule has 0 radical (unpaired) electrons. The average molecular weight is 802 g/mol. The summed E-state index contributed by atoms with van der Waals surface area (Å²) in [5, 5.41) is 41.3. The van der Waals surface area contributed by atoms with Gasteiger partial charge in [0.05, 0.1) is 48.8 Å². The average Bonchev–Trinajstić information content (AvgIpc) is 3.59. The first-order valence-corrected chi connectivity index (χ1v) is 19.3. The number of phenolic OH excluding ortho intramolecular Hbond substituents is 1. The number of nitrogens with one attached hydrogen (secondary N) is 3. The van der Waals surface area contributed by atoms with Gasteiger partial charge in [-0.3, -0.25) is 14.4 Å². The zero-order valence-corrected chi connectivity index (χ0v) is 32.6. The monoisotopic (exact) mass is 801 g/mol. The molecule has 0 bridgehead atoms. The van der Waals surface area contributed by atoms with Crippen LogP contribution in [0.25, 0.3) is 10.9 Å². The van der Waals surface area contributed by atoms with Gasteiger partial charge in [-0.25, -0.2) is 19.8 Å². The van der Waals surface area contributed by atoms with Crippen molar-refractivity contribution in [2.75, 3.05) is 43.4 Å². The van der Waals surface area contributed by atoms with Crippen molar-refractivity contribution < 1.29 is 34.5 Å². The molecule has 16 nitrogen and oxygen atoms in total. The molecular weight excluding hydrogens is 755 g/mol. The van der Waals surface area contributed by atoms with Crippen LogP contribution in [0.15, 0.2) is 110 Å². The van der Waals surface area contributed by atoms with Gasteiger partial charge in [-0.2, -0.15) is 0 Å². The highest BCUT2D eigenvalue weighted by Gasteiger charge is 2.51. The molecule has 2 aliphatic heterocycles.